The van der Waals surface area contributed by atoms with Crippen molar-refractivity contribution in [1.82, 2.24) is 10.2 Å². The SMILES string of the molecule is CNC(=O)c1ccc(CN2CC(C(=O)O)CC2=O)cc1. The second-order valence-electron chi connectivity index (χ2n) is 4.79. The van der Waals surface area contributed by atoms with Crippen molar-refractivity contribution in [3.63, 3.8) is 0 Å². The topological polar surface area (TPSA) is 86.7 Å². The number of rotatable bonds is 4. The predicted octanol–water partition coefficient (Wildman–Crippen LogP) is 0.479. The Balaban J connectivity index is 2.02. The van der Waals surface area contributed by atoms with Crippen molar-refractivity contribution in [2.45, 2.75) is 13.0 Å². The van der Waals surface area contributed by atoms with Crippen LogP contribution >= 0.6 is 0 Å². The van der Waals surface area contributed by atoms with Crippen molar-refractivity contribution in [3.8, 4) is 0 Å². The monoisotopic (exact) mass is 276 g/mol. The molecule has 0 bridgehead atoms. The second-order valence-corrected chi connectivity index (χ2v) is 4.79. The van der Waals surface area contributed by atoms with Gasteiger partial charge in [-0.2, -0.15) is 0 Å². The van der Waals surface area contributed by atoms with Crippen LogP contribution in [0.4, 0.5) is 0 Å². The first-order valence-electron chi connectivity index (χ1n) is 6.33. The third-order valence-electron chi connectivity index (χ3n) is 3.38. The minimum absolute atomic E-state index is 0.0612. The minimum atomic E-state index is -0.934. The highest BCUT2D eigenvalue weighted by molar-refractivity contribution is 5.94. The highest BCUT2D eigenvalue weighted by Crippen LogP contribution is 2.20. The van der Waals surface area contributed by atoms with E-state index in [1.807, 2.05) is 0 Å². The largest absolute Gasteiger partial charge is 0.481 e. The molecule has 2 rings (SSSR count). The highest BCUT2D eigenvalue weighted by atomic mass is 16.4. The van der Waals surface area contributed by atoms with Gasteiger partial charge in [-0.25, -0.2) is 0 Å². The Labute approximate surface area is 116 Å². The summed E-state index contributed by atoms with van der Waals surface area (Å²) in [5, 5.41) is 11.4. The fourth-order valence-corrected chi connectivity index (χ4v) is 2.22. The van der Waals surface area contributed by atoms with E-state index in [0.29, 0.717) is 12.1 Å². The molecular weight excluding hydrogens is 260 g/mol. The lowest BCUT2D eigenvalue weighted by Crippen LogP contribution is -2.25. The molecule has 1 aromatic carbocycles. The molecule has 1 fully saturated rings. The van der Waals surface area contributed by atoms with Crippen molar-refractivity contribution < 1.29 is 19.5 Å². The number of carbonyl (C=O) groups excluding carboxylic acids is 2. The van der Waals surface area contributed by atoms with E-state index in [0.717, 1.165) is 5.56 Å². The molecule has 1 saturated heterocycles. The third-order valence-corrected chi connectivity index (χ3v) is 3.38. The van der Waals surface area contributed by atoms with E-state index in [4.69, 9.17) is 5.11 Å². The zero-order valence-electron chi connectivity index (χ0n) is 11.1. The second kappa shape index (κ2) is 5.73. The molecule has 1 atom stereocenters. The lowest BCUT2D eigenvalue weighted by molar-refractivity contribution is -0.141. The Morgan fingerprint density at radius 1 is 1.35 bits per heavy atom. The molecule has 1 aliphatic rings. The number of hydrogen-bond acceptors (Lipinski definition) is 3. The van der Waals surface area contributed by atoms with Gasteiger partial charge in [0.25, 0.3) is 5.91 Å². The number of carboxylic acid groups (broad SMARTS) is 1. The number of carboxylic acids is 1. The summed E-state index contributed by atoms with van der Waals surface area (Å²) in [6.07, 6.45) is 0.0612. The summed E-state index contributed by atoms with van der Waals surface area (Å²) in [4.78, 5) is 35.5. The molecule has 1 aromatic rings. The van der Waals surface area contributed by atoms with Crippen LogP contribution in [-0.4, -0.2) is 41.4 Å². The summed E-state index contributed by atoms with van der Waals surface area (Å²) >= 11 is 0. The number of nitrogens with zero attached hydrogens (tertiary/aromatic N) is 1. The number of nitrogens with one attached hydrogen (secondary N) is 1. The smallest absolute Gasteiger partial charge is 0.308 e. The van der Waals surface area contributed by atoms with Crippen molar-refractivity contribution in [3.05, 3.63) is 35.4 Å². The Morgan fingerprint density at radius 3 is 2.50 bits per heavy atom. The van der Waals surface area contributed by atoms with Gasteiger partial charge < -0.3 is 15.3 Å². The summed E-state index contributed by atoms with van der Waals surface area (Å²) in [5.41, 5.74) is 1.42. The molecule has 0 radical (unpaired) electrons. The number of aliphatic carboxylic acids is 1. The molecule has 20 heavy (non-hydrogen) atoms. The van der Waals surface area contributed by atoms with E-state index in [9.17, 15) is 14.4 Å². The molecule has 0 aliphatic carbocycles. The van der Waals surface area contributed by atoms with Gasteiger partial charge in [-0.3, -0.25) is 14.4 Å². The summed E-state index contributed by atoms with van der Waals surface area (Å²) in [7, 11) is 1.56. The number of hydrogen-bond donors (Lipinski definition) is 2. The van der Waals surface area contributed by atoms with Gasteiger partial charge in [0.05, 0.1) is 5.92 Å². The van der Waals surface area contributed by atoms with E-state index < -0.39 is 11.9 Å². The van der Waals surface area contributed by atoms with Crippen molar-refractivity contribution in [1.29, 1.82) is 0 Å². The summed E-state index contributed by atoms with van der Waals surface area (Å²) in [6, 6.07) is 6.91. The maximum absolute atomic E-state index is 11.7. The van der Waals surface area contributed by atoms with Gasteiger partial charge in [0.15, 0.2) is 0 Å². The fourth-order valence-electron chi connectivity index (χ4n) is 2.22. The lowest BCUT2D eigenvalue weighted by Gasteiger charge is -2.16. The van der Waals surface area contributed by atoms with E-state index in [2.05, 4.69) is 5.32 Å². The standard InChI is InChI=1S/C14H16N2O4/c1-15-13(18)10-4-2-9(3-5-10)7-16-8-11(14(19)20)6-12(16)17/h2-5,11H,6-8H2,1H3,(H,15,18)(H,19,20). The van der Waals surface area contributed by atoms with Gasteiger partial charge in [0, 0.05) is 32.1 Å². The lowest BCUT2D eigenvalue weighted by atomic mass is 10.1. The van der Waals surface area contributed by atoms with Crippen LogP contribution in [0.3, 0.4) is 0 Å². The summed E-state index contributed by atoms with van der Waals surface area (Å²) in [5.74, 6) is -1.86. The molecular formula is C14H16N2O4. The highest BCUT2D eigenvalue weighted by Gasteiger charge is 2.33. The minimum Gasteiger partial charge on any atom is -0.481 e. The summed E-state index contributed by atoms with van der Waals surface area (Å²) in [6.45, 7) is 0.613. The zero-order valence-corrected chi connectivity index (χ0v) is 11.1. The number of benzene rings is 1. The Hall–Kier alpha value is -2.37. The molecule has 1 heterocycles. The number of amides is 2. The van der Waals surface area contributed by atoms with E-state index in [1.54, 1.807) is 31.3 Å². The first kappa shape index (κ1) is 14.0. The van der Waals surface area contributed by atoms with Crippen molar-refractivity contribution >= 4 is 17.8 Å². The Morgan fingerprint density at radius 2 is 2.00 bits per heavy atom. The zero-order chi connectivity index (χ0) is 14.7. The molecule has 1 unspecified atom stereocenters. The Bertz CT molecular complexity index is 539. The van der Waals surface area contributed by atoms with Crippen LogP contribution in [0.1, 0.15) is 22.3 Å². The normalized spacial score (nSPS) is 18.1. The molecule has 1 aliphatic heterocycles. The number of carbonyl (C=O) groups is 3. The van der Waals surface area contributed by atoms with Gasteiger partial charge in [-0.1, -0.05) is 12.1 Å². The van der Waals surface area contributed by atoms with Crippen molar-refractivity contribution in [2.24, 2.45) is 5.92 Å². The van der Waals surface area contributed by atoms with Crippen LogP contribution in [0.15, 0.2) is 24.3 Å². The first-order valence-corrected chi connectivity index (χ1v) is 6.33. The van der Waals surface area contributed by atoms with Gasteiger partial charge in [0.1, 0.15) is 0 Å². The molecule has 0 aromatic heterocycles. The van der Waals surface area contributed by atoms with Crippen LogP contribution in [0.25, 0.3) is 0 Å². The van der Waals surface area contributed by atoms with Crippen molar-refractivity contribution in [2.75, 3.05) is 13.6 Å². The van der Waals surface area contributed by atoms with Crippen LogP contribution in [0, 0.1) is 5.92 Å². The molecule has 2 N–H and O–H groups in total. The van der Waals surface area contributed by atoms with Gasteiger partial charge in [0.2, 0.25) is 5.91 Å². The fraction of sp³-hybridized carbons (Fsp3) is 0.357. The molecule has 6 nitrogen and oxygen atoms in total. The molecule has 0 saturated carbocycles. The predicted molar refractivity (Wildman–Crippen MR) is 71.0 cm³/mol. The van der Waals surface area contributed by atoms with Crippen LogP contribution in [-0.2, 0) is 16.1 Å². The summed E-state index contributed by atoms with van der Waals surface area (Å²) < 4.78 is 0. The molecule has 6 heteroatoms. The average molecular weight is 276 g/mol. The van der Waals surface area contributed by atoms with Gasteiger partial charge in [-0.05, 0) is 17.7 Å². The van der Waals surface area contributed by atoms with E-state index >= 15 is 0 Å². The average Bonchev–Trinajstić information content (AvgIpc) is 2.80. The third kappa shape index (κ3) is 2.96. The van der Waals surface area contributed by atoms with Crippen LogP contribution < -0.4 is 5.32 Å². The molecule has 0 spiro atoms. The van der Waals surface area contributed by atoms with Gasteiger partial charge in [-0.15, -0.1) is 0 Å². The first-order chi connectivity index (χ1) is 9.51. The maximum Gasteiger partial charge on any atom is 0.308 e. The quantitative estimate of drug-likeness (QED) is 0.837. The maximum atomic E-state index is 11.7. The Kier molecular flexibility index (Phi) is 4.02. The van der Waals surface area contributed by atoms with E-state index in [-0.39, 0.29) is 24.8 Å². The molecule has 106 valence electrons. The van der Waals surface area contributed by atoms with Crippen LogP contribution in [0.2, 0.25) is 0 Å². The van der Waals surface area contributed by atoms with Crippen LogP contribution in [0.5, 0.6) is 0 Å². The molecule has 2 amide bonds. The number of likely N-dealkylation sites (tertiary alicyclic amines) is 1. The van der Waals surface area contributed by atoms with E-state index in [1.165, 1.54) is 4.90 Å². The van der Waals surface area contributed by atoms with Gasteiger partial charge >= 0.3 is 5.97 Å².